The largest absolute Gasteiger partial charge is 0.465 e. The summed E-state index contributed by atoms with van der Waals surface area (Å²) in [5.74, 6) is 2.79. The van der Waals surface area contributed by atoms with E-state index in [1.807, 2.05) is 24.3 Å². The predicted molar refractivity (Wildman–Crippen MR) is 128 cm³/mol. The molecule has 2 aromatic heterocycles. The molecular weight excluding hydrogens is 416 g/mol. The second kappa shape index (κ2) is 11.7. The van der Waals surface area contributed by atoms with Gasteiger partial charge in [-0.1, -0.05) is 0 Å². The van der Waals surface area contributed by atoms with Crippen molar-refractivity contribution in [3.63, 3.8) is 0 Å². The molecule has 0 aliphatic heterocycles. The van der Waals surface area contributed by atoms with Crippen LogP contribution >= 0.6 is 0 Å². The van der Waals surface area contributed by atoms with Crippen LogP contribution < -0.4 is 10.6 Å². The van der Waals surface area contributed by atoms with E-state index in [0.717, 1.165) is 37.5 Å². The Kier molecular flexibility index (Phi) is 8.23. The number of amides is 2. The van der Waals surface area contributed by atoms with E-state index in [0.29, 0.717) is 11.5 Å². The van der Waals surface area contributed by atoms with Crippen molar-refractivity contribution < 1.29 is 18.4 Å². The van der Waals surface area contributed by atoms with Crippen LogP contribution in [0.1, 0.15) is 69.3 Å². The summed E-state index contributed by atoms with van der Waals surface area (Å²) < 4.78 is 10.4. The van der Waals surface area contributed by atoms with Crippen LogP contribution in [0.4, 0.5) is 0 Å². The number of nitrogens with one attached hydrogen (secondary N) is 2. The molecule has 2 N–H and O–H groups in total. The third-order valence-corrected chi connectivity index (χ3v) is 6.94. The van der Waals surface area contributed by atoms with E-state index in [2.05, 4.69) is 10.6 Å². The first-order chi connectivity index (χ1) is 16.1. The summed E-state index contributed by atoms with van der Waals surface area (Å²) in [6.07, 6.45) is 19.9. The standard InChI is InChI=1S/C27H34N2O4/c30-26(15-13-24-3-1-17-32-24)28-22-9-5-20(6-10-22)19-21-7-11-23(12-8-21)29-27(31)16-14-25-4-2-18-33-25/h1-4,13-18,20-23H,5-12,19H2,(H,28,30)(H,29,31). The van der Waals surface area contributed by atoms with Gasteiger partial charge in [-0.05, 0) is 106 Å². The highest BCUT2D eigenvalue weighted by Crippen LogP contribution is 2.35. The van der Waals surface area contributed by atoms with Gasteiger partial charge < -0.3 is 19.5 Å². The number of hydrogen-bond donors (Lipinski definition) is 2. The molecule has 4 rings (SSSR count). The number of hydrogen-bond acceptors (Lipinski definition) is 4. The van der Waals surface area contributed by atoms with Gasteiger partial charge in [0.1, 0.15) is 11.5 Å². The summed E-state index contributed by atoms with van der Waals surface area (Å²) >= 11 is 0. The summed E-state index contributed by atoms with van der Waals surface area (Å²) in [6, 6.07) is 7.82. The lowest BCUT2D eigenvalue weighted by molar-refractivity contribution is -0.118. The van der Waals surface area contributed by atoms with Crippen LogP contribution in [0.15, 0.2) is 57.8 Å². The van der Waals surface area contributed by atoms with Crippen molar-refractivity contribution in [1.82, 2.24) is 10.6 Å². The lowest BCUT2D eigenvalue weighted by Gasteiger charge is -2.34. The highest BCUT2D eigenvalue weighted by molar-refractivity contribution is 5.92. The highest BCUT2D eigenvalue weighted by atomic mass is 16.3. The lowest BCUT2D eigenvalue weighted by atomic mass is 9.75. The maximum Gasteiger partial charge on any atom is 0.244 e. The molecule has 2 aromatic rings. The molecule has 0 saturated heterocycles. The molecule has 2 aliphatic rings. The fraction of sp³-hybridized carbons (Fsp3) is 0.481. The Labute approximate surface area is 195 Å². The second-order valence-electron chi connectivity index (χ2n) is 9.39. The van der Waals surface area contributed by atoms with Gasteiger partial charge >= 0.3 is 0 Å². The van der Waals surface area contributed by atoms with Crippen LogP contribution in [0.2, 0.25) is 0 Å². The van der Waals surface area contributed by atoms with Gasteiger partial charge in [-0.25, -0.2) is 0 Å². The Morgan fingerprint density at radius 3 is 1.52 bits per heavy atom. The Morgan fingerprint density at radius 2 is 1.15 bits per heavy atom. The molecule has 6 nitrogen and oxygen atoms in total. The Bertz CT molecular complexity index is 837. The molecule has 0 atom stereocenters. The molecule has 0 unspecified atom stereocenters. The quantitative estimate of drug-likeness (QED) is 0.532. The second-order valence-corrected chi connectivity index (χ2v) is 9.39. The van der Waals surface area contributed by atoms with Crippen LogP contribution in [0, 0.1) is 11.8 Å². The zero-order valence-corrected chi connectivity index (χ0v) is 19.1. The predicted octanol–water partition coefficient (Wildman–Crippen LogP) is 5.34. The fourth-order valence-electron chi connectivity index (χ4n) is 5.14. The van der Waals surface area contributed by atoms with Crippen LogP contribution in [0.5, 0.6) is 0 Å². The first-order valence-electron chi connectivity index (χ1n) is 12.2. The van der Waals surface area contributed by atoms with E-state index < -0.39 is 0 Å². The maximum atomic E-state index is 12.1. The highest BCUT2D eigenvalue weighted by Gasteiger charge is 2.27. The molecule has 2 amide bonds. The van der Waals surface area contributed by atoms with Gasteiger partial charge in [-0.3, -0.25) is 9.59 Å². The molecule has 0 spiro atoms. The average Bonchev–Trinajstić information content (AvgIpc) is 3.53. The van der Waals surface area contributed by atoms with Crippen LogP contribution in [-0.4, -0.2) is 23.9 Å². The first-order valence-corrected chi connectivity index (χ1v) is 12.2. The molecule has 0 bridgehead atoms. The van der Waals surface area contributed by atoms with Crippen molar-refractivity contribution in [2.45, 2.75) is 69.9 Å². The van der Waals surface area contributed by atoms with E-state index in [-0.39, 0.29) is 23.9 Å². The molecule has 6 heteroatoms. The van der Waals surface area contributed by atoms with Gasteiger partial charge in [0.25, 0.3) is 0 Å². The van der Waals surface area contributed by atoms with Gasteiger partial charge in [0.15, 0.2) is 0 Å². The third-order valence-electron chi connectivity index (χ3n) is 6.94. The number of carbonyl (C=O) groups is 2. The first kappa shape index (κ1) is 23.1. The van der Waals surface area contributed by atoms with Gasteiger partial charge in [-0.15, -0.1) is 0 Å². The minimum Gasteiger partial charge on any atom is -0.465 e. The Balaban J connectivity index is 1.10. The van der Waals surface area contributed by atoms with E-state index in [1.54, 1.807) is 36.8 Å². The van der Waals surface area contributed by atoms with Crippen LogP contribution in [-0.2, 0) is 9.59 Å². The topological polar surface area (TPSA) is 84.5 Å². The van der Waals surface area contributed by atoms with E-state index in [4.69, 9.17) is 8.83 Å². The minimum atomic E-state index is -0.0470. The smallest absolute Gasteiger partial charge is 0.244 e. The summed E-state index contributed by atoms with van der Waals surface area (Å²) in [7, 11) is 0. The van der Waals surface area contributed by atoms with Gasteiger partial charge in [0, 0.05) is 24.2 Å². The SMILES string of the molecule is O=C(C=Cc1ccco1)NC1CCC(CC2CCC(NC(=O)C=Cc3ccco3)CC2)CC1. The Morgan fingerprint density at radius 1 is 0.727 bits per heavy atom. The van der Waals surface area contributed by atoms with E-state index in [1.165, 1.54) is 32.1 Å². The van der Waals surface area contributed by atoms with Crippen molar-refractivity contribution in [2.24, 2.45) is 11.8 Å². The molecule has 33 heavy (non-hydrogen) atoms. The van der Waals surface area contributed by atoms with E-state index >= 15 is 0 Å². The molecule has 2 heterocycles. The summed E-state index contributed by atoms with van der Waals surface area (Å²) in [5.41, 5.74) is 0. The third kappa shape index (κ3) is 7.52. The zero-order valence-electron chi connectivity index (χ0n) is 19.1. The zero-order chi connectivity index (χ0) is 22.9. The van der Waals surface area contributed by atoms with Crippen molar-refractivity contribution >= 4 is 24.0 Å². The Hall–Kier alpha value is -3.02. The number of furan rings is 2. The molecule has 2 saturated carbocycles. The average molecular weight is 451 g/mol. The number of carbonyl (C=O) groups excluding carboxylic acids is 2. The monoisotopic (exact) mass is 450 g/mol. The van der Waals surface area contributed by atoms with Crippen molar-refractivity contribution in [3.8, 4) is 0 Å². The van der Waals surface area contributed by atoms with E-state index in [9.17, 15) is 9.59 Å². The van der Waals surface area contributed by atoms with Crippen molar-refractivity contribution in [3.05, 3.63) is 60.5 Å². The molecule has 176 valence electrons. The van der Waals surface area contributed by atoms with Crippen LogP contribution in [0.3, 0.4) is 0 Å². The molecular formula is C27H34N2O4. The maximum absolute atomic E-state index is 12.1. The summed E-state index contributed by atoms with van der Waals surface area (Å²) in [4.78, 5) is 24.3. The van der Waals surface area contributed by atoms with Crippen molar-refractivity contribution in [2.75, 3.05) is 0 Å². The summed E-state index contributed by atoms with van der Waals surface area (Å²) in [5, 5.41) is 6.26. The van der Waals surface area contributed by atoms with Gasteiger partial charge in [0.2, 0.25) is 11.8 Å². The van der Waals surface area contributed by atoms with Crippen molar-refractivity contribution in [1.29, 1.82) is 0 Å². The van der Waals surface area contributed by atoms with Crippen LogP contribution in [0.25, 0.3) is 12.2 Å². The lowest BCUT2D eigenvalue weighted by Crippen LogP contribution is -2.38. The molecule has 0 aromatic carbocycles. The normalized spacial score (nSPS) is 25.9. The molecule has 2 fully saturated rings. The van der Waals surface area contributed by atoms with Gasteiger partial charge in [-0.2, -0.15) is 0 Å². The fourth-order valence-corrected chi connectivity index (χ4v) is 5.14. The molecule has 0 radical (unpaired) electrons. The number of rotatable bonds is 8. The van der Waals surface area contributed by atoms with Gasteiger partial charge in [0.05, 0.1) is 12.5 Å². The minimum absolute atomic E-state index is 0.0470. The summed E-state index contributed by atoms with van der Waals surface area (Å²) in [6.45, 7) is 0. The molecule has 2 aliphatic carbocycles.